The Morgan fingerprint density at radius 3 is 1.72 bits per heavy atom. The summed E-state index contributed by atoms with van der Waals surface area (Å²) in [5.41, 5.74) is 6.61. The molecule has 2 nitrogen and oxygen atoms in total. The molecule has 0 aliphatic carbocycles. The van der Waals surface area contributed by atoms with Gasteiger partial charge in [-0.05, 0) is 65.0 Å². The Labute approximate surface area is 114 Å². The van der Waals surface area contributed by atoms with Crippen molar-refractivity contribution in [2.24, 2.45) is 17.1 Å². The Hall–Kier alpha value is -0.0800. The minimum absolute atomic E-state index is 0.119. The molecule has 0 radical (unpaired) electrons. The van der Waals surface area contributed by atoms with Gasteiger partial charge in [0.15, 0.2) is 0 Å². The van der Waals surface area contributed by atoms with Crippen LogP contribution in [0.4, 0.5) is 0 Å². The van der Waals surface area contributed by atoms with Crippen molar-refractivity contribution in [2.45, 2.75) is 78.8 Å². The maximum Gasteiger partial charge on any atom is 0.0184 e. The average Bonchev–Trinajstić information content (AvgIpc) is 2.27. The lowest BCUT2D eigenvalue weighted by atomic mass is 9.61. The minimum Gasteiger partial charge on any atom is -0.325 e. The predicted octanol–water partition coefficient (Wildman–Crippen LogP) is 3.65. The van der Waals surface area contributed by atoms with Crippen LogP contribution in [0.25, 0.3) is 0 Å². The molecule has 2 heteroatoms. The summed E-state index contributed by atoms with van der Waals surface area (Å²) >= 11 is 0. The summed E-state index contributed by atoms with van der Waals surface area (Å²) in [7, 11) is 0. The standard InChI is InChI=1S/C16H34N2/c1-13(14(2,3)16(6,7)17)15(4,5)18-11-9-8-10-12-18/h13H,8-12,17H2,1-7H3. The quantitative estimate of drug-likeness (QED) is 0.830. The zero-order chi connectivity index (χ0) is 14.2. The summed E-state index contributed by atoms with van der Waals surface area (Å²) in [6.45, 7) is 18.6. The average molecular weight is 254 g/mol. The van der Waals surface area contributed by atoms with Crippen molar-refractivity contribution in [1.82, 2.24) is 4.90 Å². The van der Waals surface area contributed by atoms with Gasteiger partial charge in [-0.3, -0.25) is 4.90 Å². The fourth-order valence-electron chi connectivity index (χ4n) is 3.19. The van der Waals surface area contributed by atoms with Gasteiger partial charge < -0.3 is 5.73 Å². The Bertz CT molecular complexity index is 267. The number of rotatable bonds is 4. The summed E-state index contributed by atoms with van der Waals surface area (Å²) in [6, 6.07) is 0. The first-order valence-electron chi connectivity index (χ1n) is 7.55. The summed E-state index contributed by atoms with van der Waals surface area (Å²) in [4.78, 5) is 2.68. The largest absolute Gasteiger partial charge is 0.325 e. The van der Waals surface area contributed by atoms with Gasteiger partial charge in [0.25, 0.3) is 0 Å². The van der Waals surface area contributed by atoms with E-state index in [4.69, 9.17) is 5.73 Å². The number of nitrogens with two attached hydrogens (primary N) is 1. The SMILES string of the molecule is CC(C(C)(C)N1CCCCC1)C(C)(C)C(C)(C)N. The van der Waals surface area contributed by atoms with Crippen molar-refractivity contribution in [3.63, 3.8) is 0 Å². The Balaban J connectivity index is 2.89. The van der Waals surface area contributed by atoms with E-state index >= 15 is 0 Å². The summed E-state index contributed by atoms with van der Waals surface area (Å²) in [5, 5.41) is 0. The lowest BCUT2D eigenvalue weighted by Crippen LogP contribution is -2.60. The molecule has 1 rings (SSSR count). The maximum atomic E-state index is 6.42. The molecule has 18 heavy (non-hydrogen) atoms. The van der Waals surface area contributed by atoms with E-state index in [0.29, 0.717) is 5.92 Å². The highest BCUT2D eigenvalue weighted by Gasteiger charge is 2.47. The van der Waals surface area contributed by atoms with Crippen LogP contribution in [-0.2, 0) is 0 Å². The third-order valence-corrected chi connectivity index (χ3v) is 5.97. The molecule has 0 saturated carbocycles. The van der Waals surface area contributed by atoms with Crippen LogP contribution in [0.3, 0.4) is 0 Å². The van der Waals surface area contributed by atoms with Gasteiger partial charge in [-0.25, -0.2) is 0 Å². The molecule has 1 aliphatic rings. The lowest BCUT2D eigenvalue weighted by Gasteiger charge is -2.54. The highest BCUT2D eigenvalue weighted by Crippen LogP contribution is 2.44. The van der Waals surface area contributed by atoms with Gasteiger partial charge in [-0.1, -0.05) is 27.2 Å². The molecule has 2 N–H and O–H groups in total. The smallest absolute Gasteiger partial charge is 0.0184 e. The van der Waals surface area contributed by atoms with Crippen molar-refractivity contribution in [1.29, 1.82) is 0 Å². The van der Waals surface area contributed by atoms with Crippen LogP contribution in [0.2, 0.25) is 0 Å². The van der Waals surface area contributed by atoms with Crippen LogP contribution in [0.15, 0.2) is 0 Å². The molecule has 1 heterocycles. The fourth-order valence-corrected chi connectivity index (χ4v) is 3.19. The van der Waals surface area contributed by atoms with Crippen molar-refractivity contribution < 1.29 is 0 Å². The molecule has 0 amide bonds. The molecule has 0 aromatic rings. The van der Waals surface area contributed by atoms with E-state index in [1.54, 1.807) is 0 Å². The molecule has 0 aromatic heterocycles. The van der Waals surface area contributed by atoms with E-state index in [-0.39, 0.29) is 16.5 Å². The number of piperidine rings is 1. The van der Waals surface area contributed by atoms with Gasteiger partial charge in [-0.15, -0.1) is 0 Å². The lowest BCUT2D eigenvalue weighted by molar-refractivity contribution is -0.0256. The molecule has 1 unspecified atom stereocenters. The second kappa shape index (κ2) is 5.13. The van der Waals surface area contributed by atoms with Gasteiger partial charge in [0.2, 0.25) is 0 Å². The summed E-state index contributed by atoms with van der Waals surface area (Å²) in [6.07, 6.45) is 4.10. The van der Waals surface area contributed by atoms with Gasteiger partial charge in [-0.2, -0.15) is 0 Å². The number of nitrogens with zero attached hydrogens (tertiary/aromatic N) is 1. The Kier molecular flexibility index (Phi) is 4.55. The second-order valence-corrected chi connectivity index (χ2v) is 7.87. The molecular formula is C16H34N2. The molecule has 0 aromatic carbocycles. The molecule has 1 aliphatic heterocycles. The van der Waals surface area contributed by atoms with E-state index in [0.717, 1.165) is 0 Å². The molecule has 1 fully saturated rings. The molecule has 0 bridgehead atoms. The molecule has 0 spiro atoms. The highest BCUT2D eigenvalue weighted by molar-refractivity contribution is 5.02. The van der Waals surface area contributed by atoms with Crippen molar-refractivity contribution in [3.05, 3.63) is 0 Å². The van der Waals surface area contributed by atoms with Crippen molar-refractivity contribution in [3.8, 4) is 0 Å². The number of likely N-dealkylation sites (tertiary alicyclic amines) is 1. The first-order valence-corrected chi connectivity index (χ1v) is 7.55. The van der Waals surface area contributed by atoms with Crippen LogP contribution in [0.1, 0.15) is 67.7 Å². The Morgan fingerprint density at radius 2 is 1.33 bits per heavy atom. The molecule has 1 saturated heterocycles. The van der Waals surface area contributed by atoms with E-state index in [2.05, 4.69) is 53.4 Å². The van der Waals surface area contributed by atoms with Crippen LogP contribution in [0, 0.1) is 11.3 Å². The topological polar surface area (TPSA) is 29.3 Å². The Morgan fingerprint density at radius 1 is 0.889 bits per heavy atom. The monoisotopic (exact) mass is 254 g/mol. The summed E-state index contributed by atoms with van der Waals surface area (Å²) in [5.74, 6) is 0.558. The molecule has 108 valence electrons. The van der Waals surface area contributed by atoms with E-state index in [9.17, 15) is 0 Å². The minimum atomic E-state index is -0.153. The first-order chi connectivity index (χ1) is 8.01. The molecule has 1 atom stereocenters. The van der Waals surface area contributed by atoms with Gasteiger partial charge in [0, 0.05) is 11.1 Å². The van der Waals surface area contributed by atoms with Crippen LogP contribution in [0.5, 0.6) is 0 Å². The highest BCUT2D eigenvalue weighted by atomic mass is 15.2. The van der Waals surface area contributed by atoms with E-state index in [1.807, 2.05) is 0 Å². The first kappa shape index (κ1) is 16.0. The predicted molar refractivity (Wildman–Crippen MR) is 80.7 cm³/mol. The van der Waals surface area contributed by atoms with Crippen LogP contribution in [-0.4, -0.2) is 29.1 Å². The third kappa shape index (κ3) is 2.91. The van der Waals surface area contributed by atoms with Gasteiger partial charge >= 0.3 is 0 Å². The van der Waals surface area contributed by atoms with Crippen molar-refractivity contribution >= 4 is 0 Å². The number of hydrogen-bond acceptors (Lipinski definition) is 2. The van der Waals surface area contributed by atoms with E-state index in [1.165, 1.54) is 32.4 Å². The van der Waals surface area contributed by atoms with Crippen molar-refractivity contribution in [2.75, 3.05) is 13.1 Å². The molecular weight excluding hydrogens is 220 g/mol. The van der Waals surface area contributed by atoms with Gasteiger partial charge in [0.05, 0.1) is 0 Å². The van der Waals surface area contributed by atoms with Crippen LogP contribution >= 0.6 is 0 Å². The van der Waals surface area contributed by atoms with Crippen LogP contribution < -0.4 is 5.73 Å². The van der Waals surface area contributed by atoms with Gasteiger partial charge in [0.1, 0.15) is 0 Å². The fraction of sp³-hybridized carbons (Fsp3) is 1.00. The summed E-state index contributed by atoms with van der Waals surface area (Å²) < 4.78 is 0. The normalized spacial score (nSPS) is 22.0. The maximum absolute atomic E-state index is 6.42. The number of hydrogen-bond donors (Lipinski definition) is 1. The van der Waals surface area contributed by atoms with E-state index < -0.39 is 0 Å². The zero-order valence-electron chi connectivity index (χ0n) is 13.6. The zero-order valence-corrected chi connectivity index (χ0v) is 13.6. The second-order valence-electron chi connectivity index (χ2n) is 7.87. The third-order valence-electron chi connectivity index (χ3n) is 5.97.